The standard InChI is InChI=1S/C24H23N5O3/c1-30-21-11-23-22(31-15-32-23)10-16(21)14-29-9-3-5-20(29)19-4-2-6-24(28-19)27-18-8-7-17(12-25)26-13-18/h2,4,6-8,10-11,13,20H,3,5,9,14-15H2,1H3,(H,27,28)/t20-/m1/s1. The van der Waals surface area contributed by atoms with Crippen molar-refractivity contribution in [2.45, 2.75) is 25.4 Å². The number of hydrogen-bond donors (Lipinski definition) is 1. The Morgan fingerprint density at radius 2 is 2.09 bits per heavy atom. The molecule has 5 rings (SSSR count). The first-order valence-corrected chi connectivity index (χ1v) is 10.5. The van der Waals surface area contributed by atoms with E-state index in [-0.39, 0.29) is 12.8 Å². The van der Waals surface area contributed by atoms with Crippen LogP contribution in [0.1, 0.15) is 35.8 Å². The maximum Gasteiger partial charge on any atom is 0.231 e. The van der Waals surface area contributed by atoms with Crippen molar-refractivity contribution >= 4 is 11.5 Å². The molecular weight excluding hydrogens is 406 g/mol. The molecule has 0 spiro atoms. The first kappa shape index (κ1) is 20.1. The molecule has 0 unspecified atom stereocenters. The van der Waals surface area contributed by atoms with Crippen LogP contribution < -0.4 is 19.5 Å². The SMILES string of the molecule is COc1cc2c(cc1CN1CCC[C@@H]1c1cccc(Nc3ccc(C#N)nc3)n1)OCO2. The van der Waals surface area contributed by atoms with Crippen LogP contribution in [-0.4, -0.2) is 35.3 Å². The van der Waals surface area contributed by atoms with Crippen molar-refractivity contribution in [2.75, 3.05) is 25.8 Å². The molecule has 1 aromatic carbocycles. The van der Waals surface area contributed by atoms with Gasteiger partial charge in [-0.1, -0.05) is 6.07 Å². The average molecular weight is 429 g/mol. The zero-order valence-corrected chi connectivity index (χ0v) is 17.7. The molecular formula is C24H23N5O3. The molecule has 2 aromatic heterocycles. The van der Waals surface area contributed by atoms with E-state index in [1.165, 1.54) is 0 Å². The summed E-state index contributed by atoms with van der Waals surface area (Å²) in [6.07, 6.45) is 3.79. The Morgan fingerprint density at radius 1 is 1.22 bits per heavy atom. The maximum absolute atomic E-state index is 8.91. The highest BCUT2D eigenvalue weighted by molar-refractivity contribution is 5.55. The lowest BCUT2D eigenvalue weighted by Crippen LogP contribution is -2.24. The summed E-state index contributed by atoms with van der Waals surface area (Å²) in [7, 11) is 1.68. The molecule has 0 saturated carbocycles. The maximum atomic E-state index is 8.91. The smallest absolute Gasteiger partial charge is 0.231 e. The van der Waals surface area contributed by atoms with E-state index < -0.39 is 0 Å². The first-order valence-electron chi connectivity index (χ1n) is 10.5. The van der Waals surface area contributed by atoms with Crippen LogP contribution in [0.25, 0.3) is 0 Å². The van der Waals surface area contributed by atoms with E-state index in [1.54, 1.807) is 19.4 Å². The monoisotopic (exact) mass is 429 g/mol. The van der Waals surface area contributed by atoms with Gasteiger partial charge in [0.15, 0.2) is 11.5 Å². The van der Waals surface area contributed by atoms with Crippen molar-refractivity contribution in [3.63, 3.8) is 0 Å². The lowest BCUT2D eigenvalue weighted by molar-refractivity contribution is 0.173. The second-order valence-electron chi connectivity index (χ2n) is 7.76. The van der Waals surface area contributed by atoms with Crippen LogP contribution in [0.4, 0.5) is 11.5 Å². The van der Waals surface area contributed by atoms with Crippen molar-refractivity contribution in [3.05, 3.63) is 65.6 Å². The lowest BCUT2D eigenvalue weighted by Gasteiger charge is -2.25. The number of ether oxygens (including phenoxy) is 3. The molecule has 0 radical (unpaired) electrons. The van der Waals surface area contributed by atoms with Crippen LogP contribution in [-0.2, 0) is 6.54 Å². The van der Waals surface area contributed by atoms with E-state index in [1.807, 2.05) is 36.4 Å². The van der Waals surface area contributed by atoms with Gasteiger partial charge in [0, 0.05) is 18.2 Å². The summed E-state index contributed by atoms with van der Waals surface area (Å²) in [5, 5.41) is 12.2. The Balaban J connectivity index is 1.35. The van der Waals surface area contributed by atoms with Gasteiger partial charge in [-0.05, 0) is 49.7 Å². The molecule has 2 aliphatic heterocycles. The molecule has 3 aromatic rings. The van der Waals surface area contributed by atoms with Gasteiger partial charge in [-0.15, -0.1) is 0 Å². The Morgan fingerprint density at radius 3 is 2.88 bits per heavy atom. The Kier molecular flexibility index (Phi) is 5.48. The van der Waals surface area contributed by atoms with Crippen LogP contribution in [0.3, 0.4) is 0 Å². The molecule has 1 saturated heterocycles. The van der Waals surface area contributed by atoms with Gasteiger partial charge in [0.05, 0.1) is 30.7 Å². The summed E-state index contributed by atoms with van der Waals surface area (Å²) in [6, 6.07) is 15.7. The number of fused-ring (bicyclic) bond motifs is 1. The zero-order chi connectivity index (χ0) is 21.9. The molecule has 4 heterocycles. The number of hydrogen-bond acceptors (Lipinski definition) is 8. The largest absolute Gasteiger partial charge is 0.496 e. The summed E-state index contributed by atoms with van der Waals surface area (Å²) in [4.78, 5) is 11.4. The van der Waals surface area contributed by atoms with E-state index in [2.05, 4.69) is 21.3 Å². The molecule has 32 heavy (non-hydrogen) atoms. The minimum absolute atomic E-state index is 0.214. The number of nitrogens with one attached hydrogen (secondary N) is 1. The fourth-order valence-corrected chi connectivity index (χ4v) is 4.24. The molecule has 0 aliphatic carbocycles. The Labute approximate surface area is 186 Å². The third-order valence-corrected chi connectivity index (χ3v) is 5.78. The highest BCUT2D eigenvalue weighted by Gasteiger charge is 2.29. The predicted octanol–water partition coefficient (Wildman–Crippen LogP) is 4.17. The van der Waals surface area contributed by atoms with Crippen LogP contribution in [0.2, 0.25) is 0 Å². The van der Waals surface area contributed by atoms with E-state index in [0.29, 0.717) is 5.69 Å². The number of nitrogens with zero attached hydrogens (tertiary/aromatic N) is 4. The van der Waals surface area contributed by atoms with Gasteiger partial charge in [0.1, 0.15) is 23.3 Å². The van der Waals surface area contributed by atoms with E-state index >= 15 is 0 Å². The highest BCUT2D eigenvalue weighted by Crippen LogP contribution is 2.40. The Hall–Kier alpha value is -3.83. The van der Waals surface area contributed by atoms with Gasteiger partial charge in [-0.2, -0.15) is 5.26 Å². The van der Waals surface area contributed by atoms with Gasteiger partial charge in [0.25, 0.3) is 0 Å². The van der Waals surface area contributed by atoms with Crippen molar-refractivity contribution in [1.29, 1.82) is 5.26 Å². The second-order valence-corrected chi connectivity index (χ2v) is 7.76. The van der Waals surface area contributed by atoms with Crippen molar-refractivity contribution in [3.8, 4) is 23.3 Å². The molecule has 1 atom stereocenters. The molecule has 8 heteroatoms. The number of benzene rings is 1. The van der Waals surface area contributed by atoms with E-state index in [9.17, 15) is 0 Å². The van der Waals surface area contributed by atoms with Gasteiger partial charge in [-0.25, -0.2) is 9.97 Å². The van der Waals surface area contributed by atoms with Gasteiger partial charge in [0.2, 0.25) is 6.79 Å². The third kappa shape index (κ3) is 4.03. The van der Waals surface area contributed by atoms with Crippen molar-refractivity contribution < 1.29 is 14.2 Å². The zero-order valence-electron chi connectivity index (χ0n) is 17.7. The van der Waals surface area contributed by atoms with Gasteiger partial charge >= 0.3 is 0 Å². The molecule has 0 amide bonds. The predicted molar refractivity (Wildman–Crippen MR) is 118 cm³/mol. The molecule has 2 aliphatic rings. The summed E-state index contributed by atoms with van der Waals surface area (Å²) in [5.41, 5.74) is 3.27. The quantitative estimate of drug-likeness (QED) is 0.624. The molecule has 162 valence electrons. The summed E-state index contributed by atoms with van der Waals surface area (Å²) < 4.78 is 16.6. The number of methoxy groups -OCH3 is 1. The molecule has 1 fully saturated rings. The van der Waals surface area contributed by atoms with Gasteiger partial charge in [-0.3, -0.25) is 4.90 Å². The van der Waals surface area contributed by atoms with Crippen molar-refractivity contribution in [2.24, 2.45) is 0 Å². The van der Waals surface area contributed by atoms with E-state index in [4.69, 9.17) is 24.5 Å². The van der Waals surface area contributed by atoms with Crippen LogP contribution in [0.15, 0.2) is 48.7 Å². The first-order chi connectivity index (χ1) is 15.7. The van der Waals surface area contributed by atoms with Crippen LogP contribution >= 0.6 is 0 Å². The second kappa shape index (κ2) is 8.73. The number of likely N-dealkylation sites (tertiary alicyclic amines) is 1. The minimum Gasteiger partial charge on any atom is -0.496 e. The number of rotatable bonds is 6. The minimum atomic E-state index is 0.214. The summed E-state index contributed by atoms with van der Waals surface area (Å²) in [5.74, 6) is 3.04. The molecule has 0 bridgehead atoms. The fourth-order valence-electron chi connectivity index (χ4n) is 4.24. The molecule has 8 nitrogen and oxygen atoms in total. The average Bonchev–Trinajstić information content (AvgIpc) is 3.48. The normalized spacial score (nSPS) is 17.2. The molecule has 1 N–H and O–H groups in total. The number of nitriles is 1. The van der Waals surface area contributed by atoms with Crippen LogP contribution in [0, 0.1) is 11.3 Å². The number of pyridine rings is 2. The van der Waals surface area contributed by atoms with Gasteiger partial charge < -0.3 is 19.5 Å². The topological polar surface area (TPSA) is 92.5 Å². The van der Waals surface area contributed by atoms with E-state index in [0.717, 1.165) is 65.9 Å². The van der Waals surface area contributed by atoms with Crippen molar-refractivity contribution in [1.82, 2.24) is 14.9 Å². The summed E-state index contributed by atoms with van der Waals surface area (Å²) >= 11 is 0. The highest BCUT2D eigenvalue weighted by atomic mass is 16.7. The third-order valence-electron chi connectivity index (χ3n) is 5.78. The number of anilines is 2. The number of aromatic nitrogens is 2. The fraction of sp³-hybridized carbons (Fsp3) is 0.292. The van der Waals surface area contributed by atoms with Crippen LogP contribution in [0.5, 0.6) is 17.2 Å². The Bertz CT molecular complexity index is 1160. The lowest BCUT2D eigenvalue weighted by atomic mass is 10.1. The summed E-state index contributed by atoms with van der Waals surface area (Å²) in [6.45, 7) is 1.97.